The summed E-state index contributed by atoms with van der Waals surface area (Å²) in [5.41, 5.74) is 2.32. The van der Waals surface area contributed by atoms with Crippen molar-refractivity contribution in [1.29, 1.82) is 0 Å². The fourth-order valence-corrected chi connectivity index (χ4v) is 3.44. The van der Waals surface area contributed by atoms with Gasteiger partial charge in [-0.15, -0.1) is 0 Å². The predicted molar refractivity (Wildman–Crippen MR) is 114 cm³/mol. The average Bonchev–Trinajstić information content (AvgIpc) is 3.54. The van der Waals surface area contributed by atoms with Gasteiger partial charge in [0.2, 0.25) is 0 Å². The quantitative estimate of drug-likeness (QED) is 0.566. The molecular formula is C25H20N2O2. The lowest BCUT2D eigenvalue weighted by molar-refractivity contribution is -0.122. The number of amidine groups is 1. The first-order valence-corrected chi connectivity index (χ1v) is 9.80. The number of carbonyl (C=O) groups is 1. The highest BCUT2D eigenvalue weighted by atomic mass is 16.5. The molecule has 0 atom stereocenters. The highest BCUT2D eigenvalue weighted by Gasteiger charge is 2.41. The topological polar surface area (TPSA) is 41.9 Å². The molecule has 0 aromatic heterocycles. The number of aliphatic imine (C=N–C) groups is 1. The van der Waals surface area contributed by atoms with Crippen LogP contribution in [0.1, 0.15) is 24.0 Å². The molecule has 0 radical (unpaired) electrons. The Bertz CT molecular complexity index is 1100. The Kier molecular flexibility index (Phi) is 4.45. The molecule has 1 saturated carbocycles. The molecule has 142 valence electrons. The Hall–Kier alpha value is -3.66. The van der Waals surface area contributed by atoms with E-state index in [1.165, 1.54) is 0 Å². The highest BCUT2D eigenvalue weighted by molar-refractivity contribution is 6.20. The predicted octanol–water partition coefficient (Wildman–Crippen LogP) is 5.27. The Balaban J connectivity index is 1.46. The molecule has 1 heterocycles. The number of hydrogen-bond acceptors (Lipinski definition) is 3. The summed E-state index contributed by atoms with van der Waals surface area (Å²) < 4.78 is 5.91. The van der Waals surface area contributed by atoms with E-state index in [1.54, 1.807) is 0 Å². The summed E-state index contributed by atoms with van der Waals surface area (Å²) in [6.07, 6.45) is 3.90. The van der Waals surface area contributed by atoms with Gasteiger partial charge in [0.1, 0.15) is 23.0 Å². The van der Waals surface area contributed by atoms with Crippen molar-refractivity contribution < 1.29 is 9.53 Å². The summed E-state index contributed by atoms with van der Waals surface area (Å²) >= 11 is 0. The summed E-state index contributed by atoms with van der Waals surface area (Å²) in [7, 11) is 0. The second-order valence-corrected chi connectivity index (χ2v) is 7.22. The van der Waals surface area contributed by atoms with Gasteiger partial charge in [0, 0.05) is 11.6 Å². The Morgan fingerprint density at radius 1 is 0.862 bits per heavy atom. The first-order valence-electron chi connectivity index (χ1n) is 9.80. The fraction of sp³-hybridized carbons (Fsp3) is 0.120. The van der Waals surface area contributed by atoms with Crippen LogP contribution in [-0.2, 0) is 4.79 Å². The van der Waals surface area contributed by atoms with E-state index in [0.717, 1.165) is 41.3 Å². The second-order valence-electron chi connectivity index (χ2n) is 7.22. The van der Waals surface area contributed by atoms with E-state index in [1.807, 2.05) is 95.9 Å². The van der Waals surface area contributed by atoms with Crippen molar-refractivity contribution in [3.8, 4) is 11.5 Å². The zero-order chi connectivity index (χ0) is 19.6. The van der Waals surface area contributed by atoms with Gasteiger partial charge in [-0.05, 0) is 48.7 Å². The van der Waals surface area contributed by atoms with Gasteiger partial charge in [-0.3, -0.25) is 9.69 Å². The minimum atomic E-state index is -0.0271. The smallest absolute Gasteiger partial charge is 0.278 e. The third kappa shape index (κ3) is 3.69. The van der Waals surface area contributed by atoms with Crippen LogP contribution in [-0.4, -0.2) is 22.7 Å². The van der Waals surface area contributed by atoms with Crippen molar-refractivity contribution in [3.63, 3.8) is 0 Å². The minimum Gasteiger partial charge on any atom is -0.457 e. The monoisotopic (exact) mass is 380 g/mol. The molecule has 0 spiro atoms. The van der Waals surface area contributed by atoms with E-state index in [2.05, 4.69) is 0 Å². The van der Waals surface area contributed by atoms with Crippen molar-refractivity contribution >= 4 is 17.8 Å². The van der Waals surface area contributed by atoms with E-state index in [-0.39, 0.29) is 11.9 Å². The standard InChI is InChI=1S/C25H20N2O2/c28-25-23(26-24(27(25)20-14-15-20)19-9-3-1-4-10-19)17-18-8-7-13-22(16-18)29-21-11-5-2-6-12-21/h1-13,16-17,20H,14-15H2/b23-17-. The maximum atomic E-state index is 13.1. The van der Waals surface area contributed by atoms with E-state index in [0.29, 0.717) is 5.70 Å². The number of nitrogens with zero attached hydrogens (tertiary/aromatic N) is 2. The molecule has 0 N–H and O–H groups in total. The molecule has 0 bridgehead atoms. The molecule has 4 nitrogen and oxygen atoms in total. The second kappa shape index (κ2) is 7.40. The molecule has 3 aromatic rings. The maximum absolute atomic E-state index is 13.1. The SMILES string of the molecule is O=C1/C(=C/c2cccc(Oc3ccccc3)c2)N=C(c2ccccc2)N1C1CC1. The van der Waals surface area contributed by atoms with Crippen LogP contribution in [0.25, 0.3) is 6.08 Å². The van der Waals surface area contributed by atoms with Gasteiger partial charge in [0.25, 0.3) is 5.91 Å². The number of amides is 1. The highest BCUT2D eigenvalue weighted by Crippen LogP contribution is 2.34. The molecule has 2 aliphatic rings. The van der Waals surface area contributed by atoms with Gasteiger partial charge in [0.15, 0.2) is 0 Å². The first kappa shape index (κ1) is 17.4. The number of benzene rings is 3. The largest absolute Gasteiger partial charge is 0.457 e. The van der Waals surface area contributed by atoms with Gasteiger partial charge in [-0.25, -0.2) is 4.99 Å². The molecule has 0 unspecified atom stereocenters. The fourth-order valence-electron chi connectivity index (χ4n) is 3.44. The van der Waals surface area contributed by atoms with Gasteiger partial charge in [0.05, 0.1) is 0 Å². The summed E-state index contributed by atoms with van der Waals surface area (Å²) in [6, 6.07) is 27.5. The molecule has 1 amide bonds. The van der Waals surface area contributed by atoms with Crippen LogP contribution in [0, 0.1) is 0 Å². The van der Waals surface area contributed by atoms with Crippen molar-refractivity contribution in [2.45, 2.75) is 18.9 Å². The zero-order valence-corrected chi connectivity index (χ0v) is 15.9. The minimum absolute atomic E-state index is 0.0271. The molecule has 5 rings (SSSR count). The molecule has 1 fully saturated rings. The lowest BCUT2D eigenvalue weighted by atomic mass is 10.1. The summed E-state index contributed by atoms with van der Waals surface area (Å²) in [6.45, 7) is 0. The number of para-hydroxylation sites is 1. The molecule has 4 heteroatoms. The molecule has 1 aliphatic carbocycles. The molecule has 3 aromatic carbocycles. The molecule has 1 aliphatic heterocycles. The number of rotatable bonds is 5. The van der Waals surface area contributed by atoms with Crippen molar-refractivity contribution in [2.24, 2.45) is 4.99 Å². The van der Waals surface area contributed by atoms with Crippen LogP contribution in [0.15, 0.2) is 95.6 Å². The summed E-state index contributed by atoms with van der Waals surface area (Å²) in [4.78, 5) is 19.6. The van der Waals surface area contributed by atoms with Gasteiger partial charge in [-0.2, -0.15) is 0 Å². The van der Waals surface area contributed by atoms with Crippen molar-refractivity contribution in [3.05, 3.63) is 102 Å². The van der Waals surface area contributed by atoms with Crippen LogP contribution >= 0.6 is 0 Å². The average molecular weight is 380 g/mol. The van der Waals surface area contributed by atoms with Crippen molar-refractivity contribution in [1.82, 2.24) is 4.90 Å². The molecule has 29 heavy (non-hydrogen) atoms. The molecular weight excluding hydrogens is 360 g/mol. The first-order chi connectivity index (χ1) is 14.3. The van der Waals surface area contributed by atoms with E-state index in [4.69, 9.17) is 9.73 Å². The normalized spacial score (nSPS) is 17.5. The van der Waals surface area contributed by atoms with Crippen LogP contribution in [0.2, 0.25) is 0 Å². The zero-order valence-electron chi connectivity index (χ0n) is 15.9. The third-order valence-corrected chi connectivity index (χ3v) is 4.98. The van der Waals surface area contributed by atoms with Crippen LogP contribution < -0.4 is 4.74 Å². The maximum Gasteiger partial charge on any atom is 0.278 e. The lowest BCUT2D eigenvalue weighted by Gasteiger charge is -2.17. The molecule has 0 saturated heterocycles. The Labute approximate surface area is 169 Å². The van der Waals surface area contributed by atoms with Crippen LogP contribution in [0.4, 0.5) is 0 Å². The number of carbonyl (C=O) groups excluding carboxylic acids is 1. The number of ether oxygens (including phenoxy) is 1. The van der Waals surface area contributed by atoms with Crippen LogP contribution in [0.5, 0.6) is 11.5 Å². The summed E-state index contributed by atoms with van der Waals surface area (Å²) in [5.74, 6) is 2.22. The summed E-state index contributed by atoms with van der Waals surface area (Å²) in [5, 5.41) is 0. The number of hydrogen-bond donors (Lipinski definition) is 0. The van der Waals surface area contributed by atoms with Crippen LogP contribution in [0.3, 0.4) is 0 Å². The lowest BCUT2D eigenvalue weighted by Crippen LogP contribution is -2.34. The van der Waals surface area contributed by atoms with Gasteiger partial charge >= 0.3 is 0 Å². The Morgan fingerprint density at radius 2 is 1.55 bits per heavy atom. The third-order valence-electron chi connectivity index (χ3n) is 4.98. The van der Waals surface area contributed by atoms with Gasteiger partial charge < -0.3 is 4.74 Å². The Morgan fingerprint density at radius 3 is 2.28 bits per heavy atom. The van der Waals surface area contributed by atoms with Gasteiger partial charge in [-0.1, -0.05) is 60.7 Å². The van der Waals surface area contributed by atoms with Crippen molar-refractivity contribution in [2.75, 3.05) is 0 Å². The van der Waals surface area contributed by atoms with E-state index < -0.39 is 0 Å². The van der Waals surface area contributed by atoms with E-state index >= 15 is 0 Å². The van der Waals surface area contributed by atoms with E-state index in [9.17, 15) is 4.79 Å².